The zero-order valence-corrected chi connectivity index (χ0v) is 17.0. The molecule has 1 aliphatic rings. The first-order valence-corrected chi connectivity index (χ1v) is 10.4. The molecule has 0 bridgehead atoms. The van der Waals surface area contributed by atoms with Crippen LogP contribution in [-0.4, -0.2) is 23.3 Å². The summed E-state index contributed by atoms with van der Waals surface area (Å²) in [6.07, 6.45) is 3.46. The molecule has 1 unspecified atom stereocenters. The van der Waals surface area contributed by atoms with Crippen molar-refractivity contribution in [3.8, 4) is 6.07 Å². The number of hydrogen-bond donors (Lipinski definition) is 0. The van der Waals surface area contributed by atoms with Crippen molar-refractivity contribution in [2.45, 2.75) is 25.2 Å². The molecule has 1 atom stereocenters. The lowest BCUT2D eigenvalue weighted by Crippen LogP contribution is -2.35. The van der Waals surface area contributed by atoms with E-state index in [4.69, 9.17) is 11.6 Å². The standard InChI is InChI=1S/C24H23ClN4/c25-21-8-6-20(7-9-21)22(17-26)23-10-11-24(28-27-23)29-14-12-19(13-15-29)16-18-4-2-1-3-5-18/h1-11,19,22H,12-16H2. The lowest BCUT2D eigenvalue weighted by molar-refractivity contribution is 0.401. The smallest absolute Gasteiger partial charge is 0.151 e. The number of rotatable bonds is 5. The molecule has 1 aliphatic heterocycles. The van der Waals surface area contributed by atoms with Gasteiger partial charge in [0.2, 0.25) is 0 Å². The molecule has 4 rings (SSSR count). The third-order valence-corrected chi connectivity index (χ3v) is 5.86. The molecule has 3 aromatic rings. The molecule has 4 nitrogen and oxygen atoms in total. The second kappa shape index (κ2) is 9.07. The lowest BCUT2D eigenvalue weighted by Gasteiger charge is -2.32. The van der Waals surface area contributed by atoms with Gasteiger partial charge in [0.05, 0.1) is 11.8 Å². The highest BCUT2D eigenvalue weighted by Gasteiger charge is 2.22. The molecule has 0 amide bonds. The first kappa shape index (κ1) is 19.4. The number of anilines is 1. The Hall–Kier alpha value is -2.90. The van der Waals surface area contributed by atoms with Crippen molar-refractivity contribution in [1.29, 1.82) is 5.26 Å². The Bertz CT molecular complexity index is 957. The van der Waals surface area contributed by atoms with Crippen LogP contribution >= 0.6 is 11.6 Å². The van der Waals surface area contributed by atoms with Crippen LogP contribution in [0, 0.1) is 17.2 Å². The van der Waals surface area contributed by atoms with Crippen LogP contribution in [0.3, 0.4) is 0 Å². The van der Waals surface area contributed by atoms with E-state index in [9.17, 15) is 5.26 Å². The summed E-state index contributed by atoms with van der Waals surface area (Å²) in [6, 6.07) is 24.3. The monoisotopic (exact) mass is 402 g/mol. The SMILES string of the molecule is N#CC(c1ccc(Cl)cc1)c1ccc(N2CCC(Cc3ccccc3)CC2)nn1. The van der Waals surface area contributed by atoms with Crippen molar-refractivity contribution in [3.05, 3.63) is 88.6 Å². The largest absolute Gasteiger partial charge is 0.355 e. The highest BCUT2D eigenvalue weighted by atomic mass is 35.5. The molecule has 1 aromatic heterocycles. The van der Waals surface area contributed by atoms with E-state index in [-0.39, 0.29) is 0 Å². The van der Waals surface area contributed by atoms with Crippen molar-refractivity contribution in [2.24, 2.45) is 5.92 Å². The Morgan fingerprint density at radius 1 is 0.966 bits per heavy atom. The van der Waals surface area contributed by atoms with Gasteiger partial charge in [0.25, 0.3) is 0 Å². The molecule has 5 heteroatoms. The minimum Gasteiger partial charge on any atom is -0.355 e. The van der Waals surface area contributed by atoms with E-state index >= 15 is 0 Å². The van der Waals surface area contributed by atoms with Gasteiger partial charge in [0, 0.05) is 18.1 Å². The third-order valence-electron chi connectivity index (χ3n) is 5.61. The van der Waals surface area contributed by atoms with Crippen LogP contribution in [0.15, 0.2) is 66.7 Å². The Balaban J connectivity index is 1.38. The number of halogens is 1. The fourth-order valence-electron chi connectivity index (χ4n) is 3.94. The van der Waals surface area contributed by atoms with Gasteiger partial charge in [-0.25, -0.2) is 0 Å². The van der Waals surface area contributed by atoms with Crippen LogP contribution in [0.5, 0.6) is 0 Å². The van der Waals surface area contributed by atoms with Gasteiger partial charge >= 0.3 is 0 Å². The Labute approximate surface area is 176 Å². The van der Waals surface area contributed by atoms with E-state index in [0.29, 0.717) is 16.6 Å². The van der Waals surface area contributed by atoms with Crippen molar-refractivity contribution in [3.63, 3.8) is 0 Å². The summed E-state index contributed by atoms with van der Waals surface area (Å²) in [5.41, 5.74) is 2.96. The summed E-state index contributed by atoms with van der Waals surface area (Å²) in [7, 11) is 0. The summed E-state index contributed by atoms with van der Waals surface area (Å²) < 4.78 is 0. The third kappa shape index (κ3) is 4.75. The maximum absolute atomic E-state index is 9.61. The number of piperidine rings is 1. The van der Waals surface area contributed by atoms with Gasteiger partial charge in [-0.1, -0.05) is 54.1 Å². The minimum absolute atomic E-state index is 0.439. The van der Waals surface area contributed by atoms with E-state index in [0.717, 1.165) is 43.7 Å². The zero-order chi connectivity index (χ0) is 20.1. The fraction of sp³-hybridized carbons (Fsp3) is 0.292. The predicted octanol–water partition coefficient (Wildman–Crippen LogP) is 5.24. The van der Waals surface area contributed by atoms with E-state index < -0.39 is 5.92 Å². The Morgan fingerprint density at radius 3 is 2.31 bits per heavy atom. The van der Waals surface area contributed by atoms with E-state index in [1.807, 2.05) is 24.3 Å². The van der Waals surface area contributed by atoms with Crippen LogP contribution in [0.4, 0.5) is 5.82 Å². The first-order chi connectivity index (χ1) is 14.2. The molecular formula is C24H23ClN4. The molecule has 0 saturated carbocycles. The topological polar surface area (TPSA) is 52.8 Å². The molecule has 1 saturated heterocycles. The number of benzene rings is 2. The van der Waals surface area contributed by atoms with Gasteiger partial charge in [-0.2, -0.15) is 10.4 Å². The van der Waals surface area contributed by atoms with E-state index in [2.05, 4.69) is 51.5 Å². The van der Waals surface area contributed by atoms with E-state index in [1.165, 1.54) is 5.56 Å². The second-order valence-electron chi connectivity index (χ2n) is 7.55. The first-order valence-electron chi connectivity index (χ1n) is 10.0. The summed E-state index contributed by atoms with van der Waals surface area (Å²) in [5.74, 6) is 1.17. The molecule has 2 aromatic carbocycles. The molecular weight excluding hydrogens is 380 g/mol. The van der Waals surface area contributed by atoms with Crippen molar-refractivity contribution < 1.29 is 0 Å². The summed E-state index contributed by atoms with van der Waals surface area (Å²) in [6.45, 7) is 1.98. The van der Waals surface area contributed by atoms with Crippen LogP contribution in [-0.2, 0) is 6.42 Å². The van der Waals surface area contributed by atoms with Crippen LogP contribution in [0.2, 0.25) is 5.02 Å². The average Bonchev–Trinajstić information content (AvgIpc) is 2.77. The van der Waals surface area contributed by atoms with Gasteiger partial charge in [0.15, 0.2) is 5.82 Å². The van der Waals surface area contributed by atoms with Gasteiger partial charge in [-0.15, -0.1) is 5.10 Å². The molecule has 1 fully saturated rings. The second-order valence-corrected chi connectivity index (χ2v) is 7.99. The summed E-state index contributed by atoms with van der Waals surface area (Å²) in [4.78, 5) is 2.29. The molecule has 0 spiro atoms. The molecule has 146 valence electrons. The van der Waals surface area contributed by atoms with Crippen molar-refractivity contribution in [1.82, 2.24) is 10.2 Å². The molecule has 0 aliphatic carbocycles. The van der Waals surface area contributed by atoms with Gasteiger partial charge in [-0.05, 0) is 60.6 Å². The van der Waals surface area contributed by atoms with Gasteiger partial charge < -0.3 is 4.90 Å². The average molecular weight is 403 g/mol. The van der Waals surface area contributed by atoms with Crippen molar-refractivity contribution in [2.75, 3.05) is 18.0 Å². The highest BCUT2D eigenvalue weighted by molar-refractivity contribution is 6.30. The molecule has 0 N–H and O–H groups in total. The number of nitrogens with zero attached hydrogens (tertiary/aromatic N) is 4. The van der Waals surface area contributed by atoms with Crippen LogP contribution in [0.1, 0.15) is 35.6 Å². The van der Waals surface area contributed by atoms with Crippen LogP contribution < -0.4 is 4.90 Å². The van der Waals surface area contributed by atoms with E-state index in [1.54, 1.807) is 12.1 Å². The minimum atomic E-state index is -0.439. The lowest BCUT2D eigenvalue weighted by atomic mass is 9.90. The predicted molar refractivity (Wildman–Crippen MR) is 116 cm³/mol. The molecule has 2 heterocycles. The molecule has 29 heavy (non-hydrogen) atoms. The Morgan fingerprint density at radius 2 is 1.69 bits per heavy atom. The zero-order valence-electron chi connectivity index (χ0n) is 16.2. The maximum Gasteiger partial charge on any atom is 0.151 e. The summed E-state index contributed by atoms with van der Waals surface area (Å²) >= 11 is 5.95. The van der Waals surface area contributed by atoms with Gasteiger partial charge in [0.1, 0.15) is 5.92 Å². The Kier molecular flexibility index (Phi) is 6.07. The van der Waals surface area contributed by atoms with Crippen molar-refractivity contribution >= 4 is 17.4 Å². The van der Waals surface area contributed by atoms with Gasteiger partial charge in [-0.3, -0.25) is 0 Å². The fourth-order valence-corrected chi connectivity index (χ4v) is 4.06. The number of aromatic nitrogens is 2. The summed E-state index contributed by atoms with van der Waals surface area (Å²) in [5, 5.41) is 19.0. The quantitative estimate of drug-likeness (QED) is 0.585. The molecule has 0 radical (unpaired) electrons. The number of nitriles is 1. The number of hydrogen-bond acceptors (Lipinski definition) is 4. The normalized spacial score (nSPS) is 15.7. The highest BCUT2D eigenvalue weighted by Crippen LogP contribution is 2.27. The maximum atomic E-state index is 9.61. The van der Waals surface area contributed by atoms with Crippen LogP contribution in [0.25, 0.3) is 0 Å².